The average molecular weight is 545 g/mol. The standard InChI is InChI=1S/C20H22BrIN2O3/c1-3-14(22)13-24(19(25)11-21)18(9-6-10-20(26)27-2)16-12-23-17-8-5-4-7-15(16)17/h3-8,10,12,18,23H,9,11,13H2,1-2H3/b10-6+,14-3-. The van der Waals surface area contributed by atoms with Gasteiger partial charge in [0.05, 0.1) is 25.0 Å². The molecule has 1 aromatic heterocycles. The summed E-state index contributed by atoms with van der Waals surface area (Å²) in [5, 5.41) is 1.30. The molecule has 1 atom stereocenters. The third-order valence-electron chi connectivity index (χ3n) is 4.24. The first-order valence-corrected chi connectivity index (χ1v) is 10.7. The number of H-pyrrole nitrogens is 1. The van der Waals surface area contributed by atoms with Gasteiger partial charge in [-0.15, -0.1) is 0 Å². The first-order chi connectivity index (χ1) is 13.0. The zero-order valence-electron chi connectivity index (χ0n) is 15.2. The number of methoxy groups -OCH3 is 1. The van der Waals surface area contributed by atoms with E-state index in [0.29, 0.717) is 13.0 Å². The highest BCUT2D eigenvalue weighted by molar-refractivity contribution is 14.1. The zero-order valence-corrected chi connectivity index (χ0v) is 19.0. The molecule has 0 radical (unpaired) electrons. The molecule has 0 bridgehead atoms. The second kappa shape index (κ2) is 10.7. The number of aromatic nitrogens is 1. The summed E-state index contributed by atoms with van der Waals surface area (Å²) < 4.78 is 5.75. The number of para-hydroxylation sites is 1. The second-order valence-corrected chi connectivity index (χ2v) is 7.80. The molecule has 144 valence electrons. The number of halogens is 2. The molecule has 1 heterocycles. The number of benzene rings is 1. The van der Waals surface area contributed by atoms with Crippen LogP contribution in [0.25, 0.3) is 10.9 Å². The van der Waals surface area contributed by atoms with Crippen molar-refractivity contribution < 1.29 is 14.3 Å². The van der Waals surface area contributed by atoms with Crippen molar-refractivity contribution in [1.82, 2.24) is 9.88 Å². The monoisotopic (exact) mass is 544 g/mol. The van der Waals surface area contributed by atoms with Gasteiger partial charge in [0.1, 0.15) is 0 Å². The van der Waals surface area contributed by atoms with Crippen LogP contribution in [0.2, 0.25) is 0 Å². The summed E-state index contributed by atoms with van der Waals surface area (Å²) in [7, 11) is 1.35. The van der Waals surface area contributed by atoms with Gasteiger partial charge in [0.25, 0.3) is 0 Å². The van der Waals surface area contributed by atoms with E-state index < -0.39 is 5.97 Å². The number of carbonyl (C=O) groups excluding carboxylic acids is 2. The number of esters is 1. The van der Waals surface area contributed by atoms with Crippen LogP contribution in [0, 0.1) is 0 Å². The first-order valence-electron chi connectivity index (χ1n) is 8.48. The van der Waals surface area contributed by atoms with Crippen LogP contribution in [-0.2, 0) is 14.3 Å². The van der Waals surface area contributed by atoms with Crippen LogP contribution in [0.4, 0.5) is 0 Å². The fourth-order valence-electron chi connectivity index (χ4n) is 2.86. The number of amides is 1. The van der Waals surface area contributed by atoms with Crippen molar-refractivity contribution in [2.75, 3.05) is 19.0 Å². The highest BCUT2D eigenvalue weighted by atomic mass is 127. The van der Waals surface area contributed by atoms with E-state index in [1.165, 1.54) is 13.2 Å². The Labute approximate surface area is 181 Å². The van der Waals surface area contributed by atoms with Gasteiger partial charge in [-0.2, -0.15) is 0 Å². The number of aromatic amines is 1. The van der Waals surface area contributed by atoms with Gasteiger partial charge in [0, 0.05) is 32.3 Å². The van der Waals surface area contributed by atoms with Gasteiger partial charge in [0.2, 0.25) is 5.91 Å². The Morgan fingerprint density at radius 3 is 2.78 bits per heavy atom. The van der Waals surface area contributed by atoms with E-state index in [2.05, 4.69) is 48.2 Å². The molecule has 0 aliphatic carbocycles. The van der Waals surface area contributed by atoms with Crippen LogP contribution in [0.15, 0.2) is 52.3 Å². The maximum atomic E-state index is 12.7. The summed E-state index contributed by atoms with van der Waals surface area (Å²) in [6.45, 7) is 2.47. The third-order valence-corrected chi connectivity index (χ3v) is 5.68. The van der Waals surface area contributed by atoms with E-state index >= 15 is 0 Å². The molecule has 7 heteroatoms. The summed E-state index contributed by atoms with van der Waals surface area (Å²) in [5.74, 6) is -0.415. The number of nitrogens with zero attached hydrogens (tertiary/aromatic N) is 1. The summed E-state index contributed by atoms with van der Waals surface area (Å²) in [4.78, 5) is 29.3. The van der Waals surface area contributed by atoms with E-state index in [4.69, 9.17) is 0 Å². The minimum Gasteiger partial charge on any atom is -0.466 e. The molecular weight excluding hydrogens is 523 g/mol. The van der Waals surface area contributed by atoms with Gasteiger partial charge in [-0.1, -0.05) is 46.3 Å². The SMILES string of the molecule is C/C=C(\I)CN(C(=O)CBr)C(C/C=C/C(=O)OC)c1c[nH]c2ccccc12. The van der Waals surface area contributed by atoms with E-state index in [1.54, 1.807) is 6.08 Å². The number of rotatable bonds is 8. The van der Waals surface area contributed by atoms with E-state index in [1.807, 2.05) is 48.4 Å². The molecule has 1 amide bonds. The molecule has 5 nitrogen and oxygen atoms in total. The largest absolute Gasteiger partial charge is 0.466 e. The number of carbonyl (C=O) groups is 2. The lowest BCUT2D eigenvalue weighted by atomic mass is 10.0. The highest BCUT2D eigenvalue weighted by Gasteiger charge is 2.26. The molecule has 0 saturated carbocycles. The molecule has 2 rings (SSSR count). The molecule has 0 aliphatic rings. The van der Waals surface area contributed by atoms with Crippen LogP contribution in [-0.4, -0.2) is 40.7 Å². The van der Waals surface area contributed by atoms with E-state index in [-0.39, 0.29) is 17.3 Å². The number of alkyl halides is 1. The molecule has 1 N–H and O–H groups in total. The Balaban J connectivity index is 2.47. The molecule has 0 aliphatic heterocycles. The van der Waals surface area contributed by atoms with E-state index in [9.17, 15) is 9.59 Å². The van der Waals surface area contributed by atoms with Crippen LogP contribution in [0.3, 0.4) is 0 Å². The van der Waals surface area contributed by atoms with Gasteiger partial charge in [0.15, 0.2) is 0 Å². The number of hydrogen-bond acceptors (Lipinski definition) is 3. The summed E-state index contributed by atoms with van der Waals surface area (Å²) in [6.07, 6.45) is 7.60. The number of hydrogen-bond donors (Lipinski definition) is 1. The number of fused-ring (bicyclic) bond motifs is 1. The average Bonchev–Trinajstić information content (AvgIpc) is 3.12. The Morgan fingerprint density at radius 2 is 2.11 bits per heavy atom. The lowest BCUT2D eigenvalue weighted by molar-refractivity contribution is -0.134. The van der Waals surface area contributed by atoms with Gasteiger partial charge in [-0.05, 0) is 42.0 Å². The fraction of sp³-hybridized carbons (Fsp3) is 0.300. The summed E-state index contributed by atoms with van der Waals surface area (Å²) >= 11 is 5.54. The lowest BCUT2D eigenvalue weighted by Gasteiger charge is -2.31. The zero-order chi connectivity index (χ0) is 19.8. The van der Waals surface area contributed by atoms with Crippen molar-refractivity contribution >= 4 is 61.3 Å². The van der Waals surface area contributed by atoms with Crippen molar-refractivity contribution in [2.45, 2.75) is 19.4 Å². The predicted octanol–water partition coefficient (Wildman–Crippen LogP) is 4.89. The lowest BCUT2D eigenvalue weighted by Crippen LogP contribution is -2.36. The quantitative estimate of drug-likeness (QED) is 0.223. The summed E-state index contributed by atoms with van der Waals surface area (Å²) in [6, 6.07) is 7.78. The Morgan fingerprint density at radius 1 is 1.37 bits per heavy atom. The van der Waals surface area contributed by atoms with Gasteiger partial charge in [-0.3, -0.25) is 4.79 Å². The van der Waals surface area contributed by atoms with Crippen molar-refractivity contribution in [1.29, 1.82) is 0 Å². The molecule has 1 aromatic carbocycles. The topological polar surface area (TPSA) is 62.4 Å². The Bertz CT molecular complexity index is 860. The van der Waals surface area contributed by atoms with Gasteiger partial charge >= 0.3 is 5.97 Å². The molecule has 0 saturated heterocycles. The minimum atomic E-state index is -0.408. The van der Waals surface area contributed by atoms with Gasteiger partial charge in [-0.25, -0.2) is 4.79 Å². The van der Waals surface area contributed by atoms with Crippen LogP contribution >= 0.6 is 38.5 Å². The second-order valence-electron chi connectivity index (χ2n) is 5.86. The van der Waals surface area contributed by atoms with Crippen LogP contribution in [0.5, 0.6) is 0 Å². The number of ether oxygens (including phenoxy) is 1. The maximum Gasteiger partial charge on any atom is 0.330 e. The number of allylic oxidation sites excluding steroid dienone is 1. The minimum absolute atomic E-state index is 0.00670. The van der Waals surface area contributed by atoms with Crippen LogP contribution < -0.4 is 0 Å². The fourth-order valence-corrected chi connectivity index (χ4v) is 3.55. The van der Waals surface area contributed by atoms with Gasteiger partial charge < -0.3 is 14.6 Å². The first kappa shape index (κ1) is 21.7. The molecular formula is C20H22BrIN2O3. The predicted molar refractivity (Wildman–Crippen MR) is 120 cm³/mol. The van der Waals surface area contributed by atoms with Crippen molar-refractivity contribution in [3.8, 4) is 0 Å². The summed E-state index contributed by atoms with van der Waals surface area (Å²) in [5.41, 5.74) is 2.04. The third kappa shape index (κ3) is 5.68. The highest BCUT2D eigenvalue weighted by Crippen LogP contribution is 2.32. The Hall–Kier alpha value is -1.61. The number of nitrogens with one attached hydrogen (secondary N) is 1. The van der Waals surface area contributed by atoms with E-state index in [0.717, 1.165) is 20.0 Å². The van der Waals surface area contributed by atoms with Crippen molar-refractivity contribution in [3.63, 3.8) is 0 Å². The molecule has 0 fully saturated rings. The molecule has 2 aromatic rings. The van der Waals surface area contributed by atoms with Crippen LogP contribution in [0.1, 0.15) is 24.9 Å². The molecule has 1 unspecified atom stereocenters. The Kier molecular flexibility index (Phi) is 8.56. The normalized spacial score (nSPS) is 13.1. The smallest absolute Gasteiger partial charge is 0.330 e. The van der Waals surface area contributed by atoms with Crippen molar-refractivity contribution in [3.05, 3.63) is 57.8 Å². The molecule has 0 spiro atoms. The molecule has 27 heavy (non-hydrogen) atoms. The maximum absolute atomic E-state index is 12.7. The van der Waals surface area contributed by atoms with Crippen molar-refractivity contribution in [2.24, 2.45) is 0 Å².